The van der Waals surface area contributed by atoms with E-state index >= 15 is 0 Å². The number of rotatable bonds is 6. The van der Waals surface area contributed by atoms with Gasteiger partial charge in [-0.1, -0.05) is 13.8 Å². The summed E-state index contributed by atoms with van der Waals surface area (Å²) < 4.78 is 0. The first-order valence-corrected chi connectivity index (χ1v) is 7.15. The van der Waals surface area contributed by atoms with Crippen LogP contribution in [0.3, 0.4) is 0 Å². The molecular weight excluding hydrogens is 254 g/mol. The van der Waals surface area contributed by atoms with Crippen LogP contribution < -0.4 is 10.9 Å². The number of carbonyl (C=O) groups is 1. The van der Waals surface area contributed by atoms with Gasteiger partial charge in [-0.05, 0) is 39.5 Å². The predicted octanol–water partition coefficient (Wildman–Crippen LogP) is 1.87. The molecule has 1 heterocycles. The molecule has 1 aromatic rings. The molecule has 1 amide bonds. The summed E-state index contributed by atoms with van der Waals surface area (Å²) in [7, 11) is 0. The molecule has 1 aromatic heterocycles. The molecule has 0 saturated heterocycles. The van der Waals surface area contributed by atoms with Crippen LogP contribution in [0, 0.1) is 19.8 Å². The van der Waals surface area contributed by atoms with Crippen LogP contribution in [-0.2, 0) is 11.2 Å². The van der Waals surface area contributed by atoms with Crippen molar-refractivity contribution in [2.75, 3.05) is 0 Å². The van der Waals surface area contributed by atoms with Gasteiger partial charge in [-0.25, -0.2) is 4.98 Å². The van der Waals surface area contributed by atoms with Gasteiger partial charge in [0.1, 0.15) is 5.82 Å². The molecule has 112 valence electrons. The fourth-order valence-corrected chi connectivity index (χ4v) is 2.10. The Morgan fingerprint density at radius 1 is 1.25 bits per heavy atom. The second kappa shape index (κ2) is 7.22. The van der Waals surface area contributed by atoms with Gasteiger partial charge in [0.2, 0.25) is 5.91 Å². The Kier molecular flexibility index (Phi) is 5.92. The standard InChI is InChI=1S/C15H25N3O2/c1-9(2)6-7-10(3)16-14(19)8-13-11(4)17-12(5)18-15(13)20/h9-10H,6-8H2,1-5H3,(H,16,19)(H,17,18,20). The van der Waals surface area contributed by atoms with Crippen molar-refractivity contribution in [3.8, 4) is 0 Å². The second-order valence-electron chi connectivity index (χ2n) is 5.83. The van der Waals surface area contributed by atoms with Crippen molar-refractivity contribution in [1.82, 2.24) is 15.3 Å². The van der Waals surface area contributed by atoms with Crippen LogP contribution in [-0.4, -0.2) is 21.9 Å². The van der Waals surface area contributed by atoms with Gasteiger partial charge >= 0.3 is 0 Å². The summed E-state index contributed by atoms with van der Waals surface area (Å²) in [5.41, 5.74) is 0.848. The van der Waals surface area contributed by atoms with Crippen molar-refractivity contribution >= 4 is 5.91 Å². The van der Waals surface area contributed by atoms with E-state index in [2.05, 4.69) is 29.1 Å². The molecule has 0 radical (unpaired) electrons. The van der Waals surface area contributed by atoms with E-state index in [-0.39, 0.29) is 23.9 Å². The molecule has 0 spiro atoms. The minimum Gasteiger partial charge on any atom is -0.353 e. The summed E-state index contributed by atoms with van der Waals surface area (Å²) in [6.07, 6.45) is 2.11. The van der Waals surface area contributed by atoms with Crippen molar-refractivity contribution < 1.29 is 4.79 Å². The average Bonchev–Trinajstić information content (AvgIpc) is 2.31. The smallest absolute Gasteiger partial charge is 0.254 e. The highest BCUT2D eigenvalue weighted by Crippen LogP contribution is 2.07. The van der Waals surface area contributed by atoms with E-state index in [9.17, 15) is 9.59 Å². The molecule has 1 rings (SSSR count). The van der Waals surface area contributed by atoms with E-state index in [0.717, 1.165) is 12.8 Å². The van der Waals surface area contributed by atoms with Crippen LogP contribution in [0.1, 0.15) is 50.7 Å². The Labute approximate surface area is 120 Å². The Morgan fingerprint density at radius 2 is 1.90 bits per heavy atom. The van der Waals surface area contributed by atoms with Gasteiger partial charge in [-0.2, -0.15) is 0 Å². The van der Waals surface area contributed by atoms with Gasteiger partial charge in [-0.15, -0.1) is 0 Å². The zero-order chi connectivity index (χ0) is 15.3. The Bertz CT molecular complexity index is 520. The van der Waals surface area contributed by atoms with Gasteiger partial charge in [0.25, 0.3) is 5.56 Å². The van der Waals surface area contributed by atoms with Gasteiger partial charge in [0.15, 0.2) is 0 Å². The lowest BCUT2D eigenvalue weighted by atomic mass is 10.0. The lowest BCUT2D eigenvalue weighted by molar-refractivity contribution is -0.121. The van der Waals surface area contributed by atoms with Crippen molar-refractivity contribution in [1.29, 1.82) is 0 Å². The zero-order valence-electron chi connectivity index (χ0n) is 13.0. The van der Waals surface area contributed by atoms with Crippen LogP contribution in [0.5, 0.6) is 0 Å². The maximum Gasteiger partial charge on any atom is 0.254 e. The molecule has 0 aliphatic carbocycles. The molecular formula is C15H25N3O2. The topological polar surface area (TPSA) is 74.8 Å². The third-order valence-electron chi connectivity index (χ3n) is 3.26. The molecule has 0 aliphatic heterocycles. The van der Waals surface area contributed by atoms with E-state index in [1.165, 1.54) is 0 Å². The third kappa shape index (κ3) is 5.15. The average molecular weight is 279 g/mol. The molecule has 0 aromatic carbocycles. The number of carbonyl (C=O) groups excluding carboxylic acids is 1. The Hall–Kier alpha value is -1.65. The van der Waals surface area contributed by atoms with Crippen molar-refractivity contribution in [2.45, 2.75) is 59.9 Å². The number of H-pyrrole nitrogens is 1. The molecule has 2 N–H and O–H groups in total. The van der Waals surface area contributed by atoms with Gasteiger partial charge < -0.3 is 10.3 Å². The third-order valence-corrected chi connectivity index (χ3v) is 3.26. The molecule has 0 aliphatic rings. The first kappa shape index (κ1) is 16.4. The summed E-state index contributed by atoms with van der Waals surface area (Å²) in [5.74, 6) is 1.07. The first-order chi connectivity index (χ1) is 9.29. The number of aromatic nitrogens is 2. The Balaban J connectivity index is 2.61. The molecule has 0 saturated carbocycles. The molecule has 0 fully saturated rings. The minimum absolute atomic E-state index is 0.0838. The van der Waals surface area contributed by atoms with Crippen LogP contribution in [0.15, 0.2) is 4.79 Å². The minimum atomic E-state index is -0.222. The van der Waals surface area contributed by atoms with E-state index in [4.69, 9.17) is 0 Å². The maximum absolute atomic E-state index is 12.0. The summed E-state index contributed by atoms with van der Waals surface area (Å²) in [6.45, 7) is 9.80. The summed E-state index contributed by atoms with van der Waals surface area (Å²) >= 11 is 0. The molecule has 1 atom stereocenters. The SMILES string of the molecule is Cc1nc(C)c(CC(=O)NC(C)CCC(C)C)c(=O)[nH]1. The summed E-state index contributed by atoms with van der Waals surface area (Å²) in [4.78, 5) is 30.6. The predicted molar refractivity (Wildman–Crippen MR) is 79.7 cm³/mol. The quantitative estimate of drug-likeness (QED) is 0.834. The second-order valence-corrected chi connectivity index (χ2v) is 5.83. The van der Waals surface area contributed by atoms with Crippen molar-refractivity contribution in [3.05, 3.63) is 27.4 Å². The van der Waals surface area contributed by atoms with Crippen molar-refractivity contribution in [2.24, 2.45) is 5.92 Å². The van der Waals surface area contributed by atoms with E-state index in [1.54, 1.807) is 13.8 Å². The number of hydrogen-bond acceptors (Lipinski definition) is 3. The number of nitrogens with one attached hydrogen (secondary N) is 2. The van der Waals surface area contributed by atoms with Gasteiger partial charge in [-0.3, -0.25) is 9.59 Å². The summed E-state index contributed by atoms with van der Waals surface area (Å²) in [5, 5.41) is 2.93. The highest BCUT2D eigenvalue weighted by atomic mass is 16.2. The largest absolute Gasteiger partial charge is 0.353 e. The van der Waals surface area contributed by atoms with Crippen LogP contribution in [0.2, 0.25) is 0 Å². The van der Waals surface area contributed by atoms with Gasteiger partial charge in [0, 0.05) is 17.3 Å². The lowest BCUT2D eigenvalue weighted by Gasteiger charge is -2.15. The number of hydrogen-bond donors (Lipinski definition) is 2. The maximum atomic E-state index is 12.0. The molecule has 1 unspecified atom stereocenters. The van der Waals surface area contributed by atoms with Gasteiger partial charge in [0.05, 0.1) is 6.42 Å². The number of aromatic amines is 1. The highest BCUT2D eigenvalue weighted by molar-refractivity contribution is 5.78. The van der Waals surface area contributed by atoms with E-state index in [0.29, 0.717) is 23.0 Å². The lowest BCUT2D eigenvalue weighted by Crippen LogP contribution is -2.35. The Morgan fingerprint density at radius 3 is 2.45 bits per heavy atom. The van der Waals surface area contributed by atoms with Crippen molar-refractivity contribution in [3.63, 3.8) is 0 Å². The van der Waals surface area contributed by atoms with E-state index < -0.39 is 0 Å². The molecule has 5 heteroatoms. The number of nitrogens with zero attached hydrogens (tertiary/aromatic N) is 1. The molecule has 5 nitrogen and oxygen atoms in total. The normalized spacial score (nSPS) is 12.5. The van der Waals surface area contributed by atoms with Crippen LogP contribution in [0.4, 0.5) is 0 Å². The molecule has 20 heavy (non-hydrogen) atoms. The monoisotopic (exact) mass is 279 g/mol. The zero-order valence-corrected chi connectivity index (χ0v) is 13.0. The fraction of sp³-hybridized carbons (Fsp3) is 0.667. The summed E-state index contributed by atoms with van der Waals surface area (Å²) in [6, 6.07) is 0.127. The number of amides is 1. The van der Waals surface area contributed by atoms with Crippen LogP contribution in [0.25, 0.3) is 0 Å². The van der Waals surface area contributed by atoms with Crippen LogP contribution >= 0.6 is 0 Å². The highest BCUT2D eigenvalue weighted by Gasteiger charge is 2.13. The first-order valence-electron chi connectivity index (χ1n) is 7.15. The molecule has 0 bridgehead atoms. The number of aryl methyl sites for hydroxylation is 2. The fourth-order valence-electron chi connectivity index (χ4n) is 2.10. The van der Waals surface area contributed by atoms with E-state index in [1.807, 2.05) is 6.92 Å².